The molecule has 0 saturated carbocycles. The average molecular weight is 144 g/mol. The van der Waals surface area contributed by atoms with E-state index in [1.54, 1.807) is 0 Å². The molecule has 0 fully saturated rings. The number of carbonyl (C=O) groups excluding carboxylic acids is 1. The fourth-order valence-corrected chi connectivity index (χ4v) is 0.579. The van der Waals surface area contributed by atoms with E-state index in [-0.39, 0.29) is 5.69 Å². The van der Waals surface area contributed by atoms with Crippen LogP contribution < -0.4 is 5.73 Å². The molecule has 1 amide bonds. The van der Waals surface area contributed by atoms with Crippen LogP contribution in [0.3, 0.4) is 0 Å². The monoisotopic (exact) mass is 144 g/mol. The van der Waals surface area contributed by atoms with E-state index in [0.717, 1.165) is 12.3 Å². The molecular weight excluding hydrogens is 130 g/mol. The van der Waals surface area contributed by atoms with Gasteiger partial charge in [0.25, 0.3) is 5.91 Å². The highest BCUT2D eigenvalue weighted by atomic mass is 16.1. The molecule has 1 aromatic rings. The standard InChI is InChI=1S/C6H9N3O/c1-2-9-5(6(7)10)3-4-8-9/h3-4H,2H2,1H3,(H2,7,10)/i1D3,2D2. The molecule has 0 aliphatic rings. The molecule has 1 aromatic heterocycles. The van der Waals surface area contributed by atoms with E-state index in [2.05, 4.69) is 5.10 Å². The second-order valence-corrected chi connectivity index (χ2v) is 1.60. The van der Waals surface area contributed by atoms with Gasteiger partial charge < -0.3 is 5.73 Å². The summed E-state index contributed by atoms with van der Waals surface area (Å²) >= 11 is 0. The highest BCUT2D eigenvalue weighted by molar-refractivity contribution is 5.90. The number of amides is 1. The molecular formula is C6H9N3O. The van der Waals surface area contributed by atoms with Gasteiger partial charge in [0, 0.05) is 16.8 Å². The van der Waals surface area contributed by atoms with Crippen molar-refractivity contribution in [2.45, 2.75) is 13.3 Å². The predicted molar refractivity (Wildman–Crippen MR) is 36.4 cm³/mol. The minimum Gasteiger partial charge on any atom is -0.364 e. The molecule has 0 radical (unpaired) electrons. The summed E-state index contributed by atoms with van der Waals surface area (Å²) in [7, 11) is 0. The van der Waals surface area contributed by atoms with Crippen molar-refractivity contribution in [2.75, 3.05) is 0 Å². The van der Waals surface area contributed by atoms with Crippen molar-refractivity contribution in [3.8, 4) is 0 Å². The number of rotatable bonds is 2. The first-order valence-electron chi connectivity index (χ1n) is 5.02. The minimum absolute atomic E-state index is 0.281. The molecule has 0 spiro atoms. The predicted octanol–water partition coefficient (Wildman–Crippen LogP) is 0.00190. The Kier molecular flexibility index (Phi) is 0.687. The number of nitrogens with two attached hydrogens (primary N) is 1. The maximum absolute atomic E-state index is 10.9. The minimum atomic E-state index is -2.93. The maximum atomic E-state index is 10.9. The first-order valence-corrected chi connectivity index (χ1v) is 2.52. The summed E-state index contributed by atoms with van der Waals surface area (Å²) in [6, 6.07) is 1.16. The fourth-order valence-electron chi connectivity index (χ4n) is 0.579. The topological polar surface area (TPSA) is 60.9 Å². The van der Waals surface area contributed by atoms with Crippen molar-refractivity contribution in [3.05, 3.63) is 18.0 Å². The highest BCUT2D eigenvalue weighted by Crippen LogP contribution is 1.95. The van der Waals surface area contributed by atoms with Gasteiger partial charge in [-0.15, -0.1) is 0 Å². The van der Waals surface area contributed by atoms with Gasteiger partial charge in [-0.05, 0) is 12.9 Å². The number of nitrogens with zero attached hydrogens (tertiary/aromatic N) is 2. The van der Waals surface area contributed by atoms with Gasteiger partial charge in [-0.1, -0.05) is 0 Å². The van der Waals surface area contributed by atoms with Crippen LogP contribution in [0.25, 0.3) is 0 Å². The summed E-state index contributed by atoms with van der Waals surface area (Å²) in [5.41, 5.74) is 4.67. The van der Waals surface area contributed by atoms with Crippen LogP contribution >= 0.6 is 0 Å². The van der Waals surface area contributed by atoms with Crippen molar-refractivity contribution in [1.82, 2.24) is 9.78 Å². The lowest BCUT2D eigenvalue weighted by Crippen LogP contribution is -2.16. The lowest BCUT2D eigenvalue weighted by molar-refractivity contribution is 0.0990. The fraction of sp³-hybridized carbons (Fsp3) is 0.333. The highest BCUT2D eigenvalue weighted by Gasteiger charge is 2.04. The molecule has 4 heteroatoms. The summed E-state index contributed by atoms with van der Waals surface area (Å²) in [4.78, 5) is 10.9. The van der Waals surface area contributed by atoms with E-state index in [1.807, 2.05) is 0 Å². The van der Waals surface area contributed by atoms with E-state index in [9.17, 15) is 4.79 Å². The van der Waals surface area contributed by atoms with E-state index in [1.165, 1.54) is 0 Å². The number of aromatic nitrogens is 2. The van der Waals surface area contributed by atoms with Crippen LogP contribution in [0.2, 0.25) is 0 Å². The zero-order valence-corrected chi connectivity index (χ0v) is 5.03. The van der Waals surface area contributed by atoms with Crippen LogP contribution in [-0.2, 0) is 6.50 Å². The number of hydrogen-bond donors (Lipinski definition) is 1. The molecule has 0 aromatic carbocycles. The largest absolute Gasteiger partial charge is 0.364 e. The van der Waals surface area contributed by atoms with Gasteiger partial charge in [-0.2, -0.15) is 5.10 Å². The summed E-state index contributed by atoms with van der Waals surface area (Å²) < 4.78 is 36.2. The van der Waals surface area contributed by atoms with Crippen LogP contribution in [0.1, 0.15) is 24.2 Å². The third-order valence-corrected chi connectivity index (χ3v) is 1.00. The Morgan fingerprint density at radius 2 is 3.00 bits per heavy atom. The molecule has 54 valence electrons. The first kappa shape index (κ1) is 2.74. The number of hydrogen-bond acceptors (Lipinski definition) is 2. The molecule has 10 heavy (non-hydrogen) atoms. The van der Waals surface area contributed by atoms with Crippen LogP contribution in [0.15, 0.2) is 12.3 Å². The van der Waals surface area contributed by atoms with Gasteiger partial charge >= 0.3 is 0 Å². The van der Waals surface area contributed by atoms with Gasteiger partial charge in [-0.3, -0.25) is 9.48 Å². The molecule has 0 atom stereocenters. The zero-order chi connectivity index (χ0) is 11.9. The van der Waals surface area contributed by atoms with Gasteiger partial charge in [0.1, 0.15) is 5.69 Å². The number of primary amides is 1. The van der Waals surface area contributed by atoms with E-state index in [4.69, 9.17) is 12.6 Å². The van der Waals surface area contributed by atoms with Crippen molar-refractivity contribution in [2.24, 2.45) is 5.73 Å². The Balaban J connectivity index is 3.27. The number of aryl methyl sites for hydroxylation is 1. The third-order valence-electron chi connectivity index (χ3n) is 1.00. The van der Waals surface area contributed by atoms with Crippen LogP contribution in [0.4, 0.5) is 0 Å². The maximum Gasteiger partial charge on any atom is 0.266 e. The van der Waals surface area contributed by atoms with E-state index in [0.29, 0.717) is 4.68 Å². The average Bonchev–Trinajstić information content (AvgIpc) is 2.48. The SMILES string of the molecule is [2H]C([2H])([2H])C([2H])([2H])n1nccc1C(N)=O. The smallest absolute Gasteiger partial charge is 0.266 e. The third kappa shape index (κ3) is 1.00. The molecule has 4 nitrogen and oxygen atoms in total. The molecule has 1 rings (SSSR count). The lowest BCUT2D eigenvalue weighted by Gasteiger charge is -1.97. The summed E-state index contributed by atoms with van der Waals surface area (Å²) in [5, 5.41) is 3.46. The lowest BCUT2D eigenvalue weighted by atomic mass is 10.4. The van der Waals surface area contributed by atoms with Crippen molar-refractivity contribution >= 4 is 5.91 Å². The second kappa shape index (κ2) is 2.51. The van der Waals surface area contributed by atoms with Crippen LogP contribution in [0, 0.1) is 0 Å². The van der Waals surface area contributed by atoms with Crippen LogP contribution in [-0.4, -0.2) is 15.7 Å². The van der Waals surface area contributed by atoms with Gasteiger partial charge in [0.15, 0.2) is 0 Å². The van der Waals surface area contributed by atoms with Crippen molar-refractivity contribution < 1.29 is 11.6 Å². The molecule has 0 aliphatic carbocycles. The summed E-state index contributed by atoms with van der Waals surface area (Å²) in [6.45, 7) is -5.69. The molecule has 0 aliphatic heterocycles. The molecule has 0 bridgehead atoms. The summed E-state index contributed by atoms with van der Waals surface area (Å²) in [5.74, 6) is -0.930. The Morgan fingerprint density at radius 1 is 2.20 bits per heavy atom. The second-order valence-electron chi connectivity index (χ2n) is 1.60. The van der Waals surface area contributed by atoms with Gasteiger partial charge in [0.2, 0.25) is 0 Å². The van der Waals surface area contributed by atoms with Crippen molar-refractivity contribution in [3.63, 3.8) is 0 Å². The van der Waals surface area contributed by atoms with E-state index < -0.39 is 19.3 Å². The van der Waals surface area contributed by atoms with Crippen LogP contribution in [0.5, 0.6) is 0 Å². The van der Waals surface area contributed by atoms with E-state index >= 15 is 0 Å². The quantitative estimate of drug-likeness (QED) is 0.635. The Labute approximate surface area is 65.7 Å². The van der Waals surface area contributed by atoms with Crippen molar-refractivity contribution in [1.29, 1.82) is 0 Å². The molecule has 0 saturated heterocycles. The Hall–Kier alpha value is -1.32. The first-order chi connectivity index (χ1) is 6.68. The van der Waals surface area contributed by atoms with Gasteiger partial charge in [0.05, 0.1) is 2.74 Å². The molecule has 0 unspecified atom stereocenters. The normalized spacial score (nSPS) is 19.8. The Morgan fingerprint density at radius 3 is 3.60 bits per heavy atom. The Bertz CT molecular complexity index is 382. The molecule has 1 heterocycles. The zero-order valence-electron chi connectivity index (χ0n) is 10.0. The van der Waals surface area contributed by atoms with Gasteiger partial charge in [-0.25, -0.2) is 0 Å². The molecule has 2 N–H and O–H groups in total. The summed E-state index contributed by atoms with van der Waals surface area (Å²) in [6.07, 6.45) is 1.11. The number of carbonyl (C=O) groups is 1.